The molecule has 0 unspecified atom stereocenters. The van der Waals surface area contributed by atoms with Gasteiger partial charge in [-0.3, -0.25) is 4.79 Å². The first kappa shape index (κ1) is 18.4. The third-order valence-corrected chi connectivity index (χ3v) is 5.64. The molecule has 4 aromatic rings. The minimum Gasteiger partial charge on any atom is -0.496 e. The number of benzene rings is 2. The van der Waals surface area contributed by atoms with Crippen LogP contribution in [0.2, 0.25) is 0 Å². The van der Waals surface area contributed by atoms with Gasteiger partial charge in [0.05, 0.1) is 11.6 Å². The molecular formula is C22H21N3O2S. The number of nitrogens with zero attached hydrogens (tertiary/aromatic N) is 3. The zero-order chi connectivity index (χ0) is 19.9. The van der Waals surface area contributed by atoms with E-state index in [2.05, 4.69) is 43.1 Å². The lowest BCUT2D eigenvalue weighted by Crippen LogP contribution is -2.23. The number of hydrogen-bond acceptors (Lipinski definition) is 5. The van der Waals surface area contributed by atoms with Gasteiger partial charge in [-0.15, -0.1) is 10.2 Å². The largest absolute Gasteiger partial charge is 0.496 e. The van der Waals surface area contributed by atoms with Crippen molar-refractivity contribution < 1.29 is 4.74 Å². The Bertz CT molecular complexity index is 1250. The predicted octanol–water partition coefficient (Wildman–Crippen LogP) is 3.67. The van der Waals surface area contributed by atoms with E-state index >= 15 is 0 Å². The average Bonchev–Trinajstić information content (AvgIpc) is 3.22. The molecular weight excluding hydrogens is 370 g/mol. The molecule has 0 radical (unpaired) electrons. The zero-order valence-corrected chi connectivity index (χ0v) is 17.1. The summed E-state index contributed by atoms with van der Waals surface area (Å²) in [4.78, 5) is 13.6. The summed E-state index contributed by atoms with van der Waals surface area (Å²) in [6, 6.07) is 15.8. The number of para-hydroxylation sites is 1. The Morgan fingerprint density at radius 1 is 1.04 bits per heavy atom. The molecule has 142 valence electrons. The van der Waals surface area contributed by atoms with Crippen molar-refractivity contribution in [2.24, 2.45) is 0 Å². The molecule has 0 spiro atoms. The van der Waals surface area contributed by atoms with Crippen molar-refractivity contribution >= 4 is 22.4 Å². The Balaban J connectivity index is 1.83. The fourth-order valence-electron chi connectivity index (χ4n) is 3.10. The molecule has 2 aromatic heterocycles. The van der Waals surface area contributed by atoms with Crippen LogP contribution in [0.1, 0.15) is 31.9 Å². The highest BCUT2D eigenvalue weighted by Gasteiger charge is 2.17. The Labute approximate surface area is 166 Å². The first-order valence-electron chi connectivity index (χ1n) is 9.02. The van der Waals surface area contributed by atoms with Gasteiger partial charge in [0, 0.05) is 11.1 Å². The number of ether oxygens (including phenoxy) is 1. The first-order chi connectivity index (χ1) is 13.4. The average molecular weight is 391 g/mol. The van der Waals surface area contributed by atoms with Crippen LogP contribution < -0.4 is 14.8 Å². The van der Waals surface area contributed by atoms with Gasteiger partial charge in [0.15, 0.2) is 5.82 Å². The van der Waals surface area contributed by atoms with E-state index in [9.17, 15) is 4.79 Å². The number of fused-ring (bicyclic) bond motifs is 1. The van der Waals surface area contributed by atoms with Gasteiger partial charge < -0.3 is 4.74 Å². The van der Waals surface area contributed by atoms with E-state index in [4.69, 9.17) is 4.74 Å². The van der Waals surface area contributed by atoms with Crippen LogP contribution in [0.25, 0.3) is 22.4 Å². The maximum absolute atomic E-state index is 13.0. The van der Waals surface area contributed by atoms with Crippen molar-refractivity contribution in [3.8, 4) is 17.1 Å². The molecule has 2 aromatic carbocycles. The molecule has 6 heteroatoms. The maximum atomic E-state index is 13.0. The van der Waals surface area contributed by atoms with Crippen molar-refractivity contribution in [2.45, 2.75) is 26.2 Å². The molecule has 0 saturated heterocycles. The lowest BCUT2D eigenvalue weighted by Gasteiger charge is -2.18. The van der Waals surface area contributed by atoms with Crippen LogP contribution in [0.5, 0.6) is 5.75 Å². The monoisotopic (exact) mass is 391 g/mol. The van der Waals surface area contributed by atoms with E-state index in [1.54, 1.807) is 11.5 Å². The van der Waals surface area contributed by atoms with E-state index in [1.165, 1.54) is 16.9 Å². The number of rotatable bonds is 3. The number of aromatic nitrogens is 3. The van der Waals surface area contributed by atoms with Gasteiger partial charge in [0.2, 0.25) is 4.96 Å². The summed E-state index contributed by atoms with van der Waals surface area (Å²) >= 11 is 1.33. The molecule has 0 aliphatic rings. The van der Waals surface area contributed by atoms with Crippen LogP contribution in [0, 0.1) is 0 Å². The molecule has 4 rings (SSSR count). The van der Waals surface area contributed by atoms with Crippen LogP contribution in [0.15, 0.2) is 53.3 Å². The summed E-state index contributed by atoms with van der Waals surface area (Å²) in [6.07, 6.45) is 1.84. The molecule has 0 fully saturated rings. The van der Waals surface area contributed by atoms with Gasteiger partial charge in [-0.2, -0.15) is 0 Å². The molecule has 0 bridgehead atoms. The molecule has 0 amide bonds. The summed E-state index contributed by atoms with van der Waals surface area (Å²) < 4.78 is 7.56. The minimum atomic E-state index is -0.120. The van der Waals surface area contributed by atoms with Gasteiger partial charge >= 0.3 is 0 Å². The Kier molecular flexibility index (Phi) is 4.51. The van der Waals surface area contributed by atoms with Crippen molar-refractivity contribution in [1.82, 2.24) is 14.6 Å². The second-order valence-corrected chi connectivity index (χ2v) is 8.64. The Hall–Kier alpha value is -2.99. The van der Waals surface area contributed by atoms with Crippen LogP contribution in [0.3, 0.4) is 0 Å². The molecule has 0 atom stereocenters. The van der Waals surface area contributed by atoms with Gasteiger partial charge in [0.25, 0.3) is 5.56 Å². The minimum absolute atomic E-state index is 0.0711. The highest BCUT2D eigenvalue weighted by Crippen LogP contribution is 2.25. The number of methoxy groups -OCH3 is 1. The van der Waals surface area contributed by atoms with Crippen molar-refractivity contribution in [3.63, 3.8) is 0 Å². The second kappa shape index (κ2) is 6.87. The van der Waals surface area contributed by atoms with Crippen LogP contribution in [-0.2, 0) is 5.41 Å². The number of hydrogen-bond donors (Lipinski definition) is 0. The van der Waals surface area contributed by atoms with Crippen LogP contribution >= 0.6 is 11.3 Å². The fourth-order valence-corrected chi connectivity index (χ4v) is 4.00. The van der Waals surface area contributed by atoms with E-state index < -0.39 is 0 Å². The van der Waals surface area contributed by atoms with E-state index in [-0.39, 0.29) is 11.0 Å². The summed E-state index contributed by atoms with van der Waals surface area (Å²) in [7, 11) is 1.62. The zero-order valence-electron chi connectivity index (χ0n) is 16.3. The smallest absolute Gasteiger partial charge is 0.276 e. The highest BCUT2D eigenvalue weighted by atomic mass is 32.1. The fraction of sp³-hybridized carbons (Fsp3) is 0.227. The lowest BCUT2D eigenvalue weighted by atomic mass is 9.87. The van der Waals surface area contributed by atoms with Gasteiger partial charge in [0.1, 0.15) is 5.75 Å². The van der Waals surface area contributed by atoms with Crippen LogP contribution in [0.4, 0.5) is 0 Å². The molecule has 0 aliphatic carbocycles. The summed E-state index contributed by atoms with van der Waals surface area (Å²) in [6.45, 7) is 6.52. The summed E-state index contributed by atoms with van der Waals surface area (Å²) in [5, 5.41) is 8.46. The maximum Gasteiger partial charge on any atom is 0.276 e. The van der Waals surface area contributed by atoms with Gasteiger partial charge in [-0.25, -0.2) is 4.40 Å². The first-order valence-corrected chi connectivity index (χ1v) is 9.84. The summed E-state index contributed by atoms with van der Waals surface area (Å²) in [5.41, 5.74) is 2.91. The normalized spacial score (nSPS) is 12.6. The molecule has 5 nitrogen and oxygen atoms in total. The topological polar surface area (TPSA) is 56.5 Å². The predicted molar refractivity (Wildman–Crippen MR) is 113 cm³/mol. The van der Waals surface area contributed by atoms with Crippen molar-refractivity contribution in [1.29, 1.82) is 0 Å². The standard InChI is InChI=1S/C22H21N3O2S/c1-22(2,3)16-11-9-14(10-12-16)19-23-24-21-25(19)20(26)18(28-21)13-15-7-5-6-8-17(15)27-4/h5-13H,1-4H3/b18-13-. The van der Waals surface area contributed by atoms with Crippen LogP contribution in [-0.4, -0.2) is 21.7 Å². The van der Waals surface area contributed by atoms with E-state index in [0.29, 0.717) is 15.3 Å². The Morgan fingerprint density at radius 2 is 1.75 bits per heavy atom. The van der Waals surface area contributed by atoms with E-state index in [0.717, 1.165) is 16.9 Å². The lowest BCUT2D eigenvalue weighted by molar-refractivity contribution is 0.414. The Morgan fingerprint density at radius 3 is 2.43 bits per heavy atom. The van der Waals surface area contributed by atoms with Crippen molar-refractivity contribution in [2.75, 3.05) is 7.11 Å². The molecule has 0 N–H and O–H groups in total. The molecule has 28 heavy (non-hydrogen) atoms. The molecule has 0 aliphatic heterocycles. The molecule has 2 heterocycles. The second-order valence-electron chi connectivity index (χ2n) is 7.63. The van der Waals surface area contributed by atoms with Gasteiger partial charge in [-0.1, -0.05) is 74.6 Å². The highest BCUT2D eigenvalue weighted by molar-refractivity contribution is 7.15. The SMILES string of the molecule is COc1ccccc1/C=c1\sc2nnc(-c3ccc(C(C)(C)C)cc3)n2c1=O. The summed E-state index contributed by atoms with van der Waals surface area (Å²) in [5.74, 6) is 1.29. The third-order valence-electron chi connectivity index (χ3n) is 4.68. The number of thiazole rings is 1. The third kappa shape index (κ3) is 3.20. The van der Waals surface area contributed by atoms with E-state index in [1.807, 2.05) is 42.5 Å². The van der Waals surface area contributed by atoms with Gasteiger partial charge in [-0.05, 0) is 23.1 Å². The quantitative estimate of drug-likeness (QED) is 0.535. The van der Waals surface area contributed by atoms with Crippen molar-refractivity contribution in [3.05, 3.63) is 74.5 Å². The molecule has 0 saturated carbocycles.